The molecule has 0 amide bonds. The number of ether oxygens (including phenoxy) is 1. The van der Waals surface area contributed by atoms with Crippen molar-refractivity contribution < 1.29 is 41.6 Å². The molecule has 5 atom stereocenters. The van der Waals surface area contributed by atoms with E-state index in [1.54, 1.807) is 0 Å². The molecule has 168 valence electrons. The van der Waals surface area contributed by atoms with Crippen LogP contribution < -0.4 is 9.84 Å². The van der Waals surface area contributed by atoms with E-state index in [9.17, 15) is 14.8 Å². The average molecular weight is 516 g/mol. The zero-order valence-corrected chi connectivity index (χ0v) is 18.5. The summed E-state index contributed by atoms with van der Waals surface area (Å²) in [7, 11) is -4.81. The van der Waals surface area contributed by atoms with Gasteiger partial charge in [0.2, 0.25) is 0 Å². The Kier molecular flexibility index (Phi) is 5.12. The summed E-state index contributed by atoms with van der Waals surface area (Å²) in [5, 5.41) is 23.6. The second-order valence-corrected chi connectivity index (χ2v) is 9.25. The maximum absolute atomic E-state index is 15.9. The predicted molar refractivity (Wildman–Crippen MR) is 112 cm³/mol. The molecule has 0 bridgehead atoms. The van der Waals surface area contributed by atoms with Crippen molar-refractivity contribution in [2.45, 2.75) is 30.9 Å². The lowest BCUT2D eigenvalue weighted by Gasteiger charge is -2.34. The highest BCUT2D eigenvalue weighted by Gasteiger charge is 2.58. The molecule has 14 heteroatoms. The van der Waals surface area contributed by atoms with Gasteiger partial charge in [-0.3, -0.25) is 9.05 Å². The third-order valence-electron chi connectivity index (χ3n) is 4.34. The number of halogens is 3. The first-order valence-corrected chi connectivity index (χ1v) is 11.1. The van der Waals surface area contributed by atoms with Crippen molar-refractivity contribution in [1.82, 2.24) is 10.2 Å². The van der Waals surface area contributed by atoms with Crippen molar-refractivity contribution in [1.29, 1.82) is 0 Å². The lowest BCUT2D eigenvalue weighted by Crippen LogP contribution is -2.47. The molecule has 1 aromatic rings. The predicted octanol–water partition coefficient (Wildman–Crippen LogP) is 2.90. The molecule has 1 fully saturated rings. The number of alkyl halides is 1. The molecule has 3 N–H and O–H groups in total. The van der Waals surface area contributed by atoms with Crippen molar-refractivity contribution in [3.05, 3.63) is 52.4 Å². The van der Waals surface area contributed by atoms with E-state index in [1.165, 1.54) is 18.2 Å². The molecule has 0 radical (unpaired) electrons. The number of nitrogens with zero attached hydrogens (tertiary/aromatic N) is 1. The van der Waals surface area contributed by atoms with Crippen LogP contribution in [0.3, 0.4) is 0 Å². The first kappa shape index (κ1) is 19.2. The minimum atomic E-state index is -4.81. The lowest BCUT2D eigenvalue weighted by atomic mass is 10.1. The largest absolute Gasteiger partial charge is 0.530 e. The number of rotatable bonds is 4. The number of hydrogen-bond donors (Lipinski definition) is 3. The van der Waals surface area contributed by atoms with E-state index >= 15 is 4.39 Å². The van der Waals surface area contributed by atoms with Gasteiger partial charge in [-0.25, -0.2) is 8.96 Å². The van der Waals surface area contributed by atoms with Crippen molar-refractivity contribution in [2.24, 2.45) is 0 Å². The first-order chi connectivity index (χ1) is 15.6. The van der Waals surface area contributed by atoms with Gasteiger partial charge in [0.05, 0.1) is 15.8 Å². The highest BCUT2D eigenvalue weighted by atomic mass is 35.5. The van der Waals surface area contributed by atoms with Crippen LogP contribution in [0, 0.1) is 0 Å². The zero-order valence-electron chi connectivity index (χ0n) is 18.3. The summed E-state index contributed by atoms with van der Waals surface area (Å²) >= 11 is 16.7. The third-order valence-corrected chi connectivity index (χ3v) is 6.47. The lowest BCUT2D eigenvalue weighted by molar-refractivity contribution is -0.207. The number of nitrogens with one attached hydrogen (secondary N) is 1. The molecule has 1 unspecified atom stereocenters. The Morgan fingerprint density at radius 1 is 1.55 bits per heavy atom. The topological polar surface area (TPSA) is 110 Å². The zero-order chi connectivity index (χ0) is 25.3. The molecule has 9 nitrogen and oxygen atoms in total. The molecule has 0 aliphatic carbocycles. The summed E-state index contributed by atoms with van der Waals surface area (Å²) in [6.07, 6.45) is -7.04. The normalized spacial score (nSPS) is 39.6. The summed E-state index contributed by atoms with van der Waals surface area (Å²) in [4.78, 5) is 0.711. The molecule has 3 aliphatic heterocycles. The highest BCUT2D eigenvalue weighted by Crippen LogP contribution is 2.55. The Bertz CT molecular complexity index is 1170. The fourth-order valence-corrected chi connectivity index (χ4v) is 4.40. The van der Waals surface area contributed by atoms with Gasteiger partial charge in [-0.15, -0.1) is 0 Å². The van der Waals surface area contributed by atoms with Gasteiger partial charge in [0, 0.05) is 16.8 Å². The number of benzene rings is 1. The van der Waals surface area contributed by atoms with Crippen LogP contribution in [0.2, 0.25) is 5.02 Å². The van der Waals surface area contributed by atoms with Crippen LogP contribution >= 0.6 is 43.2 Å². The van der Waals surface area contributed by atoms with E-state index in [2.05, 4.69) is 11.9 Å². The molecular formula is C17H16Cl2FN2O7PS. The number of thiocarbonyl (C=S) groups is 1. The standard InChI is InChI=1S/C17H16Cl2FN2O7PS/c1-8-21-15(31)11(19)5-22(8)16-13(23)14(24)17(20,28-16)7-27-30(25)26-6-9-4-10(18)2-3-12(9)29-30/h2-5,13-14,16,23-24H,1,6-7H2,(H,21,31)/t13-,14+,16-,17-,30?/m1/s1/i7D2,16D. The molecule has 3 aliphatic rings. The van der Waals surface area contributed by atoms with E-state index < -0.39 is 38.6 Å². The fraction of sp³-hybridized carbons (Fsp3) is 0.353. The Hall–Kier alpha value is -1.27. The van der Waals surface area contributed by atoms with E-state index in [0.717, 1.165) is 6.20 Å². The van der Waals surface area contributed by atoms with Gasteiger partial charge in [0.15, 0.2) is 6.20 Å². The summed E-state index contributed by atoms with van der Waals surface area (Å²) < 4.78 is 73.2. The van der Waals surface area contributed by atoms with Crippen LogP contribution in [-0.4, -0.2) is 50.9 Å². The van der Waals surface area contributed by atoms with Crippen molar-refractivity contribution in [3.63, 3.8) is 0 Å². The van der Waals surface area contributed by atoms with Crippen molar-refractivity contribution in [3.8, 4) is 5.75 Å². The second-order valence-electron chi connectivity index (χ2n) is 6.48. The number of phosphoric ester groups is 1. The Morgan fingerprint density at radius 2 is 2.29 bits per heavy atom. The van der Waals surface area contributed by atoms with Crippen LogP contribution in [0.1, 0.15) is 9.68 Å². The van der Waals surface area contributed by atoms with Gasteiger partial charge >= 0.3 is 7.82 Å². The van der Waals surface area contributed by atoms with Crippen LogP contribution in [-0.2, 0) is 25.0 Å². The molecule has 0 aromatic heterocycles. The minimum Gasteiger partial charge on any atom is -0.404 e. The average Bonchev–Trinajstić information content (AvgIpc) is 2.92. The third kappa shape index (κ3) is 4.35. The van der Waals surface area contributed by atoms with Crippen LogP contribution in [0.4, 0.5) is 4.39 Å². The highest BCUT2D eigenvalue weighted by molar-refractivity contribution is 7.81. The molecule has 1 aromatic carbocycles. The van der Waals surface area contributed by atoms with Crippen LogP contribution in [0.15, 0.2) is 41.8 Å². The minimum absolute atomic E-state index is 0.0102. The van der Waals surface area contributed by atoms with Crippen LogP contribution in [0.5, 0.6) is 5.75 Å². The summed E-state index contributed by atoms with van der Waals surface area (Å²) in [6, 6.07) is 4.18. The van der Waals surface area contributed by atoms with Gasteiger partial charge < -0.3 is 29.7 Å². The van der Waals surface area contributed by atoms with Gasteiger partial charge in [-0.05, 0) is 18.2 Å². The molecule has 31 heavy (non-hydrogen) atoms. The Morgan fingerprint density at radius 3 is 3.03 bits per heavy atom. The molecule has 3 heterocycles. The number of aliphatic hydroxyl groups excluding tert-OH is 2. The summed E-state index contributed by atoms with van der Waals surface area (Å²) in [5.41, 5.74) is 0.369. The molecule has 1 saturated heterocycles. The smallest absolute Gasteiger partial charge is 0.404 e. The molecule has 4 rings (SSSR count). The SMILES string of the molecule is [2H]C([2H])(OP1(=O)OCc2cc(Cl)ccc2O1)[C@@]1(F)O[C@@]([2H])(N2C=C(Cl)C(=S)NC2=C)[C@H](O)[C@@H]1O. The fourth-order valence-electron chi connectivity index (χ4n) is 2.79. The first-order valence-electron chi connectivity index (χ1n) is 9.97. The molecular weight excluding hydrogens is 497 g/mol. The quantitative estimate of drug-likeness (QED) is 0.408. The van der Waals surface area contributed by atoms with Gasteiger partial charge in [0.1, 0.15) is 35.3 Å². The van der Waals surface area contributed by atoms with Gasteiger partial charge in [-0.2, -0.15) is 0 Å². The summed E-state index contributed by atoms with van der Waals surface area (Å²) in [6.45, 7) is -0.589. The van der Waals surface area contributed by atoms with Crippen molar-refractivity contribution in [2.75, 3.05) is 6.56 Å². The number of fused-ring (bicyclic) bond motifs is 1. The van der Waals surface area contributed by atoms with E-state index in [-0.39, 0.29) is 28.2 Å². The Balaban J connectivity index is 1.63. The van der Waals surface area contributed by atoms with E-state index in [1.807, 2.05) is 0 Å². The van der Waals surface area contributed by atoms with E-state index in [4.69, 9.17) is 57.8 Å². The maximum atomic E-state index is 15.9. The second kappa shape index (κ2) is 8.26. The van der Waals surface area contributed by atoms with E-state index in [0.29, 0.717) is 15.5 Å². The van der Waals surface area contributed by atoms with Gasteiger partial charge in [0.25, 0.3) is 5.85 Å². The molecule has 0 saturated carbocycles. The van der Waals surface area contributed by atoms with Crippen molar-refractivity contribution >= 4 is 48.2 Å². The number of phosphoric acid groups is 1. The molecule has 0 spiro atoms. The van der Waals surface area contributed by atoms with Crippen LogP contribution in [0.25, 0.3) is 0 Å². The van der Waals surface area contributed by atoms with Gasteiger partial charge in [-0.1, -0.05) is 42.0 Å². The number of hydrogen-bond acceptors (Lipinski definition) is 9. The summed E-state index contributed by atoms with van der Waals surface area (Å²) in [5.74, 6) is -4.16. The maximum Gasteiger partial charge on any atom is 0.530 e. The monoisotopic (exact) mass is 515 g/mol. The number of aliphatic hydroxyl groups is 2. The Labute approximate surface area is 195 Å².